The van der Waals surface area contributed by atoms with E-state index in [2.05, 4.69) is 29.2 Å². The van der Waals surface area contributed by atoms with E-state index >= 15 is 0 Å². The number of benzene rings is 1. The van der Waals surface area contributed by atoms with Gasteiger partial charge in [0.1, 0.15) is 5.75 Å². The molecule has 1 heterocycles. The number of ether oxygens (including phenoxy) is 1. The van der Waals surface area contributed by atoms with Crippen LogP contribution in [0.2, 0.25) is 0 Å². The molecule has 1 aromatic rings. The number of hydrogen-bond acceptors (Lipinski definition) is 5. The number of rotatable bonds is 8. The van der Waals surface area contributed by atoms with E-state index in [9.17, 15) is 4.79 Å². The van der Waals surface area contributed by atoms with Gasteiger partial charge < -0.3 is 9.64 Å². The van der Waals surface area contributed by atoms with Crippen LogP contribution in [0.3, 0.4) is 0 Å². The van der Waals surface area contributed by atoms with Crippen molar-refractivity contribution in [3.05, 3.63) is 29.3 Å². The van der Waals surface area contributed by atoms with Gasteiger partial charge in [-0.1, -0.05) is 6.07 Å². The van der Waals surface area contributed by atoms with Crippen molar-refractivity contribution in [1.82, 2.24) is 9.80 Å². The van der Waals surface area contributed by atoms with Crippen LogP contribution in [0.5, 0.6) is 5.75 Å². The normalized spacial score (nSPS) is 13.4. The fraction of sp³-hybridized carbons (Fsp3) is 0.526. The van der Waals surface area contributed by atoms with Crippen LogP contribution in [0.4, 0.5) is 0 Å². The van der Waals surface area contributed by atoms with Gasteiger partial charge >= 0.3 is 0 Å². The number of nitrogens with zero attached hydrogens (tertiary/aromatic N) is 4. The predicted molar refractivity (Wildman–Crippen MR) is 93.6 cm³/mol. The van der Waals surface area contributed by atoms with Gasteiger partial charge in [-0.25, -0.2) is 0 Å². The molecule has 1 aliphatic heterocycles. The Balaban J connectivity index is 1.98. The second-order valence-electron chi connectivity index (χ2n) is 6.02. The van der Waals surface area contributed by atoms with Crippen LogP contribution < -0.4 is 4.74 Å². The molecule has 1 amide bonds. The number of amides is 1. The van der Waals surface area contributed by atoms with Crippen LogP contribution in [0.15, 0.2) is 18.2 Å². The Morgan fingerprint density at radius 1 is 1.24 bits per heavy atom. The lowest BCUT2D eigenvalue weighted by Gasteiger charge is -2.30. The standard InChI is InChI=1S/C19H24N4O2/c1-2-25-18-6-5-16-7-12-22(14-17(16)13-18)15-19(24)23(10-3-8-20)11-4-9-21/h5-6,13H,2-4,7,10-12,14-15H2,1H3. The van der Waals surface area contributed by atoms with Gasteiger partial charge in [-0.15, -0.1) is 0 Å². The molecule has 0 saturated carbocycles. The molecule has 0 aliphatic carbocycles. The van der Waals surface area contributed by atoms with Gasteiger partial charge in [0.2, 0.25) is 5.91 Å². The molecule has 0 atom stereocenters. The summed E-state index contributed by atoms with van der Waals surface area (Å²) in [6, 6.07) is 10.3. The lowest BCUT2D eigenvalue weighted by atomic mass is 9.99. The van der Waals surface area contributed by atoms with E-state index in [1.807, 2.05) is 13.0 Å². The maximum atomic E-state index is 12.5. The molecular weight excluding hydrogens is 316 g/mol. The number of hydrogen-bond donors (Lipinski definition) is 0. The summed E-state index contributed by atoms with van der Waals surface area (Å²) in [5.74, 6) is 0.842. The smallest absolute Gasteiger partial charge is 0.236 e. The van der Waals surface area contributed by atoms with Crippen molar-refractivity contribution in [2.24, 2.45) is 0 Å². The summed E-state index contributed by atoms with van der Waals surface area (Å²) >= 11 is 0. The van der Waals surface area contributed by atoms with E-state index in [-0.39, 0.29) is 18.7 Å². The molecule has 0 spiro atoms. The maximum absolute atomic E-state index is 12.5. The molecular formula is C19H24N4O2. The molecule has 0 unspecified atom stereocenters. The first-order valence-corrected chi connectivity index (χ1v) is 8.66. The fourth-order valence-electron chi connectivity index (χ4n) is 3.01. The van der Waals surface area contributed by atoms with Crippen molar-refractivity contribution in [2.45, 2.75) is 32.7 Å². The Morgan fingerprint density at radius 2 is 1.96 bits per heavy atom. The molecule has 132 valence electrons. The quantitative estimate of drug-likeness (QED) is 0.724. The number of nitriles is 2. The monoisotopic (exact) mass is 340 g/mol. The zero-order chi connectivity index (χ0) is 18.1. The van der Waals surface area contributed by atoms with Crippen LogP contribution in [-0.4, -0.2) is 48.5 Å². The summed E-state index contributed by atoms with van der Waals surface area (Å²) in [7, 11) is 0. The zero-order valence-corrected chi connectivity index (χ0v) is 14.7. The Labute approximate surface area is 149 Å². The summed E-state index contributed by atoms with van der Waals surface area (Å²) in [6.07, 6.45) is 1.49. The third-order valence-electron chi connectivity index (χ3n) is 4.28. The van der Waals surface area contributed by atoms with E-state index in [0.29, 0.717) is 32.8 Å². The van der Waals surface area contributed by atoms with Crippen molar-refractivity contribution < 1.29 is 9.53 Å². The molecule has 0 radical (unpaired) electrons. The van der Waals surface area contributed by atoms with Crippen molar-refractivity contribution >= 4 is 5.91 Å². The molecule has 0 saturated heterocycles. The first kappa shape index (κ1) is 18.8. The molecule has 6 nitrogen and oxygen atoms in total. The first-order chi connectivity index (χ1) is 12.2. The summed E-state index contributed by atoms with van der Waals surface area (Å²) in [5.41, 5.74) is 2.50. The molecule has 1 aromatic carbocycles. The molecule has 0 bridgehead atoms. The van der Waals surface area contributed by atoms with Crippen LogP contribution in [0.1, 0.15) is 30.9 Å². The zero-order valence-electron chi connectivity index (χ0n) is 14.7. The average Bonchev–Trinajstić information content (AvgIpc) is 2.61. The lowest BCUT2D eigenvalue weighted by molar-refractivity contribution is -0.132. The molecule has 1 aliphatic rings. The van der Waals surface area contributed by atoms with Gasteiger partial charge in [0.15, 0.2) is 0 Å². The maximum Gasteiger partial charge on any atom is 0.236 e. The van der Waals surface area contributed by atoms with Crippen LogP contribution in [0, 0.1) is 22.7 Å². The van der Waals surface area contributed by atoms with E-state index < -0.39 is 0 Å². The Bertz CT molecular complexity index is 657. The van der Waals surface area contributed by atoms with Gasteiger partial charge in [0.25, 0.3) is 0 Å². The SMILES string of the molecule is CCOc1ccc2c(c1)CN(CC(=O)N(CCC#N)CCC#N)CC2. The third kappa shape index (κ3) is 5.48. The lowest BCUT2D eigenvalue weighted by Crippen LogP contribution is -2.42. The minimum absolute atomic E-state index is 0.0186. The second kappa shape index (κ2) is 9.66. The van der Waals surface area contributed by atoms with Crippen molar-refractivity contribution in [2.75, 3.05) is 32.8 Å². The molecule has 0 N–H and O–H groups in total. The fourth-order valence-corrected chi connectivity index (χ4v) is 3.01. The predicted octanol–water partition coefficient (Wildman–Crippen LogP) is 2.10. The van der Waals surface area contributed by atoms with Gasteiger partial charge in [-0.3, -0.25) is 9.69 Å². The summed E-state index contributed by atoms with van der Waals surface area (Å²) in [5, 5.41) is 17.5. The minimum atomic E-state index is -0.0186. The minimum Gasteiger partial charge on any atom is -0.494 e. The topological polar surface area (TPSA) is 80.4 Å². The molecule has 0 aromatic heterocycles. The molecule has 6 heteroatoms. The van der Waals surface area contributed by atoms with Gasteiger partial charge in [0, 0.05) is 26.2 Å². The second-order valence-corrected chi connectivity index (χ2v) is 6.02. The van der Waals surface area contributed by atoms with Gasteiger partial charge in [-0.2, -0.15) is 10.5 Å². The molecule has 25 heavy (non-hydrogen) atoms. The average molecular weight is 340 g/mol. The van der Waals surface area contributed by atoms with E-state index in [1.54, 1.807) is 4.90 Å². The van der Waals surface area contributed by atoms with E-state index in [1.165, 1.54) is 11.1 Å². The summed E-state index contributed by atoms with van der Waals surface area (Å²) < 4.78 is 5.56. The van der Waals surface area contributed by atoms with Crippen molar-refractivity contribution in [1.29, 1.82) is 10.5 Å². The van der Waals surface area contributed by atoms with Gasteiger partial charge in [0.05, 0.1) is 38.1 Å². The highest BCUT2D eigenvalue weighted by molar-refractivity contribution is 5.78. The highest BCUT2D eigenvalue weighted by Crippen LogP contribution is 2.24. The molecule has 0 fully saturated rings. The van der Waals surface area contributed by atoms with Crippen LogP contribution >= 0.6 is 0 Å². The molecule has 2 rings (SSSR count). The Kier molecular flexibility index (Phi) is 7.25. The van der Waals surface area contributed by atoms with E-state index in [0.717, 1.165) is 18.7 Å². The van der Waals surface area contributed by atoms with Crippen molar-refractivity contribution in [3.8, 4) is 17.9 Å². The Morgan fingerprint density at radius 3 is 2.60 bits per heavy atom. The highest BCUT2D eigenvalue weighted by Gasteiger charge is 2.21. The van der Waals surface area contributed by atoms with E-state index in [4.69, 9.17) is 15.3 Å². The Hall–Kier alpha value is -2.57. The summed E-state index contributed by atoms with van der Waals surface area (Å²) in [6.45, 7) is 5.22. The van der Waals surface area contributed by atoms with Crippen LogP contribution in [-0.2, 0) is 17.8 Å². The third-order valence-corrected chi connectivity index (χ3v) is 4.28. The largest absolute Gasteiger partial charge is 0.494 e. The number of carbonyl (C=O) groups excluding carboxylic acids is 1. The van der Waals surface area contributed by atoms with Crippen LogP contribution in [0.25, 0.3) is 0 Å². The van der Waals surface area contributed by atoms with Gasteiger partial charge in [-0.05, 0) is 36.6 Å². The highest BCUT2D eigenvalue weighted by atomic mass is 16.5. The summed E-state index contributed by atoms with van der Waals surface area (Å²) in [4.78, 5) is 16.3. The van der Waals surface area contributed by atoms with Crippen molar-refractivity contribution in [3.63, 3.8) is 0 Å². The number of carbonyl (C=O) groups is 1. The first-order valence-electron chi connectivity index (χ1n) is 8.66. The number of fused-ring (bicyclic) bond motifs is 1.